The molecule has 2 atom stereocenters. The van der Waals surface area contributed by atoms with Crippen LogP contribution in [0.5, 0.6) is 0 Å². The Hall–Kier alpha value is -0.910. The average Bonchev–Trinajstić information content (AvgIpc) is 2.43. The zero-order valence-electron chi connectivity index (χ0n) is 12.7. The molecule has 1 fully saturated rings. The fourth-order valence-electron chi connectivity index (χ4n) is 2.54. The van der Waals surface area contributed by atoms with Gasteiger partial charge in [0.25, 0.3) is 0 Å². The van der Waals surface area contributed by atoms with Gasteiger partial charge >= 0.3 is 12.0 Å². The van der Waals surface area contributed by atoms with Gasteiger partial charge in [-0.15, -0.1) is 0 Å². The third-order valence-corrected chi connectivity index (χ3v) is 4.63. The van der Waals surface area contributed by atoms with Gasteiger partial charge in [0, 0.05) is 25.7 Å². The standard InChI is InChI=1S/C14H26N2O3S/c1-11(7-9-20-3)15(2)14(19)16-8-5-4-6-12(16)10-13(17)18/h11-12H,4-10H2,1-3H3,(H,17,18). The molecule has 0 bridgehead atoms. The van der Waals surface area contributed by atoms with Crippen LogP contribution in [0.25, 0.3) is 0 Å². The monoisotopic (exact) mass is 302 g/mol. The number of carboxylic acids is 1. The quantitative estimate of drug-likeness (QED) is 0.819. The highest BCUT2D eigenvalue weighted by Gasteiger charge is 2.31. The minimum atomic E-state index is -0.826. The van der Waals surface area contributed by atoms with Crippen molar-refractivity contribution < 1.29 is 14.7 Å². The number of hydrogen-bond acceptors (Lipinski definition) is 3. The van der Waals surface area contributed by atoms with Crippen molar-refractivity contribution in [2.24, 2.45) is 0 Å². The number of aliphatic carboxylic acids is 1. The summed E-state index contributed by atoms with van der Waals surface area (Å²) in [5.74, 6) is 0.199. The lowest BCUT2D eigenvalue weighted by Crippen LogP contribution is -2.52. The number of hydrogen-bond donors (Lipinski definition) is 1. The number of amides is 2. The van der Waals surface area contributed by atoms with E-state index in [0.717, 1.165) is 31.4 Å². The smallest absolute Gasteiger partial charge is 0.320 e. The Morgan fingerprint density at radius 3 is 2.75 bits per heavy atom. The van der Waals surface area contributed by atoms with Gasteiger partial charge in [-0.25, -0.2) is 4.79 Å². The normalized spacial score (nSPS) is 20.6. The molecule has 1 rings (SSSR count). The largest absolute Gasteiger partial charge is 0.481 e. The summed E-state index contributed by atoms with van der Waals surface area (Å²) in [6, 6.07) is 0.0101. The van der Waals surface area contributed by atoms with Gasteiger partial charge in [-0.3, -0.25) is 4.79 Å². The summed E-state index contributed by atoms with van der Waals surface area (Å²) in [5.41, 5.74) is 0. The van der Waals surface area contributed by atoms with Crippen LogP contribution in [-0.2, 0) is 4.79 Å². The Bertz CT molecular complexity index is 338. The van der Waals surface area contributed by atoms with Gasteiger partial charge in [0.05, 0.1) is 6.42 Å². The highest BCUT2D eigenvalue weighted by Crippen LogP contribution is 2.22. The van der Waals surface area contributed by atoms with E-state index in [0.29, 0.717) is 6.54 Å². The van der Waals surface area contributed by atoms with Crippen molar-refractivity contribution in [2.75, 3.05) is 25.6 Å². The number of carboxylic acid groups (broad SMARTS) is 1. The Morgan fingerprint density at radius 2 is 2.15 bits per heavy atom. The Balaban J connectivity index is 2.63. The van der Waals surface area contributed by atoms with E-state index in [-0.39, 0.29) is 24.5 Å². The van der Waals surface area contributed by atoms with Gasteiger partial charge in [-0.05, 0) is 44.6 Å². The van der Waals surface area contributed by atoms with Crippen molar-refractivity contribution >= 4 is 23.8 Å². The summed E-state index contributed by atoms with van der Waals surface area (Å²) in [4.78, 5) is 27.0. The molecule has 116 valence electrons. The molecule has 0 aromatic carbocycles. The number of carbonyl (C=O) groups excluding carboxylic acids is 1. The Kier molecular flexibility index (Phi) is 7.19. The number of carbonyl (C=O) groups is 2. The third kappa shape index (κ3) is 4.89. The molecule has 1 saturated heterocycles. The summed E-state index contributed by atoms with van der Waals surface area (Å²) < 4.78 is 0. The number of thioether (sulfide) groups is 1. The van der Waals surface area contributed by atoms with Crippen molar-refractivity contribution in [1.82, 2.24) is 9.80 Å². The second-order valence-electron chi connectivity index (χ2n) is 5.46. The second kappa shape index (κ2) is 8.39. The molecular formula is C14H26N2O3S. The second-order valence-corrected chi connectivity index (χ2v) is 6.45. The van der Waals surface area contributed by atoms with Crippen LogP contribution in [0.1, 0.15) is 39.0 Å². The predicted octanol–water partition coefficient (Wildman–Crippen LogP) is 2.51. The Labute approximate surface area is 125 Å². The van der Waals surface area contributed by atoms with Crippen LogP contribution >= 0.6 is 11.8 Å². The molecule has 20 heavy (non-hydrogen) atoms. The summed E-state index contributed by atoms with van der Waals surface area (Å²) in [7, 11) is 1.82. The van der Waals surface area contributed by atoms with Crippen molar-refractivity contribution in [3.05, 3.63) is 0 Å². The number of urea groups is 1. The molecule has 0 aromatic rings. The van der Waals surface area contributed by atoms with E-state index >= 15 is 0 Å². The maximum absolute atomic E-state index is 12.5. The van der Waals surface area contributed by atoms with Crippen molar-refractivity contribution in [3.8, 4) is 0 Å². The first-order chi connectivity index (χ1) is 9.47. The molecule has 0 aliphatic carbocycles. The third-order valence-electron chi connectivity index (χ3n) is 3.99. The summed E-state index contributed by atoms with van der Waals surface area (Å²) in [6.45, 7) is 2.72. The predicted molar refractivity (Wildman–Crippen MR) is 82.2 cm³/mol. The lowest BCUT2D eigenvalue weighted by molar-refractivity contribution is -0.138. The van der Waals surface area contributed by atoms with E-state index in [9.17, 15) is 9.59 Å². The molecular weight excluding hydrogens is 276 g/mol. The van der Waals surface area contributed by atoms with Crippen LogP contribution in [-0.4, -0.2) is 64.6 Å². The van der Waals surface area contributed by atoms with Gasteiger partial charge in [-0.2, -0.15) is 11.8 Å². The number of likely N-dealkylation sites (tertiary alicyclic amines) is 1. The van der Waals surface area contributed by atoms with Crippen LogP contribution in [0.15, 0.2) is 0 Å². The number of nitrogens with zero attached hydrogens (tertiary/aromatic N) is 2. The molecule has 2 amide bonds. The average molecular weight is 302 g/mol. The van der Waals surface area contributed by atoms with Crippen LogP contribution < -0.4 is 0 Å². The molecule has 0 radical (unpaired) electrons. The molecule has 2 unspecified atom stereocenters. The molecule has 0 spiro atoms. The number of piperidine rings is 1. The van der Waals surface area contributed by atoms with Crippen LogP contribution in [0.3, 0.4) is 0 Å². The van der Waals surface area contributed by atoms with Crippen LogP contribution in [0.4, 0.5) is 4.79 Å². The summed E-state index contributed by atoms with van der Waals surface area (Å²) in [5, 5.41) is 8.97. The molecule has 0 saturated carbocycles. The van der Waals surface area contributed by atoms with Gasteiger partial charge < -0.3 is 14.9 Å². The first-order valence-electron chi connectivity index (χ1n) is 7.21. The summed E-state index contributed by atoms with van der Waals surface area (Å²) >= 11 is 1.77. The fourth-order valence-corrected chi connectivity index (χ4v) is 3.12. The zero-order valence-corrected chi connectivity index (χ0v) is 13.5. The Morgan fingerprint density at radius 1 is 1.45 bits per heavy atom. The van der Waals surface area contributed by atoms with Gasteiger partial charge in [0.1, 0.15) is 0 Å². The van der Waals surface area contributed by atoms with Crippen molar-refractivity contribution in [2.45, 2.75) is 51.1 Å². The molecule has 5 nitrogen and oxygen atoms in total. The van der Waals surface area contributed by atoms with Gasteiger partial charge in [-0.1, -0.05) is 0 Å². The first kappa shape index (κ1) is 17.1. The zero-order chi connectivity index (χ0) is 15.1. The highest BCUT2D eigenvalue weighted by atomic mass is 32.2. The maximum Gasteiger partial charge on any atom is 0.320 e. The van der Waals surface area contributed by atoms with Crippen LogP contribution in [0.2, 0.25) is 0 Å². The van der Waals surface area contributed by atoms with E-state index in [1.54, 1.807) is 21.6 Å². The molecule has 1 aliphatic rings. The van der Waals surface area contributed by atoms with E-state index in [2.05, 4.69) is 6.26 Å². The molecule has 1 aliphatic heterocycles. The minimum Gasteiger partial charge on any atom is -0.481 e. The topological polar surface area (TPSA) is 60.9 Å². The van der Waals surface area contributed by atoms with E-state index in [4.69, 9.17) is 5.11 Å². The summed E-state index contributed by atoms with van der Waals surface area (Å²) in [6.07, 6.45) is 5.84. The van der Waals surface area contributed by atoms with Crippen molar-refractivity contribution in [3.63, 3.8) is 0 Å². The van der Waals surface area contributed by atoms with Gasteiger partial charge in [0.2, 0.25) is 0 Å². The molecule has 6 heteroatoms. The fraction of sp³-hybridized carbons (Fsp3) is 0.857. The minimum absolute atomic E-state index is 0.0236. The van der Waals surface area contributed by atoms with Crippen LogP contribution in [0, 0.1) is 0 Å². The first-order valence-corrected chi connectivity index (χ1v) is 8.61. The van der Waals surface area contributed by atoms with E-state index < -0.39 is 5.97 Å². The van der Waals surface area contributed by atoms with E-state index in [1.807, 2.05) is 14.0 Å². The highest BCUT2D eigenvalue weighted by molar-refractivity contribution is 7.98. The number of rotatable bonds is 6. The lowest BCUT2D eigenvalue weighted by Gasteiger charge is -2.39. The van der Waals surface area contributed by atoms with Crippen molar-refractivity contribution in [1.29, 1.82) is 0 Å². The maximum atomic E-state index is 12.5. The van der Waals surface area contributed by atoms with Gasteiger partial charge in [0.15, 0.2) is 0 Å². The SMILES string of the molecule is CSCCC(C)N(C)C(=O)N1CCCCC1CC(=O)O. The molecule has 0 aromatic heterocycles. The molecule has 1 N–H and O–H groups in total. The van der Waals surface area contributed by atoms with E-state index in [1.165, 1.54) is 0 Å². The lowest BCUT2D eigenvalue weighted by atomic mass is 9.99. The molecule has 1 heterocycles.